The predicted octanol–water partition coefficient (Wildman–Crippen LogP) is 2.60. The van der Waals surface area contributed by atoms with Gasteiger partial charge in [-0.3, -0.25) is 14.2 Å². The Bertz CT molecular complexity index is 823. The van der Waals surface area contributed by atoms with Crippen molar-refractivity contribution in [1.82, 2.24) is 14.5 Å². The number of hydrogen-bond acceptors (Lipinski definition) is 3. The fourth-order valence-electron chi connectivity index (χ4n) is 3.20. The number of aromatic nitrogens is 2. The lowest BCUT2D eigenvalue weighted by molar-refractivity contribution is -0.132. The molecule has 2 heterocycles. The quantitative estimate of drug-likeness (QED) is 0.794. The standard InChI is InChI=1S/C19H23N3O2/c1-14(2)17-9-5-12-22(17)18(23)10-6-11-21-13-20-16-8-4-3-7-15(16)19(21)24/h3-5,7-9,13-14,17H,6,10-12H2,1-2H3/t17-/m1/s1. The van der Waals surface area contributed by atoms with Crippen LogP contribution in [0, 0.1) is 5.92 Å². The summed E-state index contributed by atoms with van der Waals surface area (Å²) in [5, 5.41) is 0.620. The van der Waals surface area contributed by atoms with Crippen molar-refractivity contribution in [2.75, 3.05) is 6.54 Å². The summed E-state index contributed by atoms with van der Waals surface area (Å²) in [4.78, 5) is 31.1. The Kier molecular flexibility index (Phi) is 4.79. The number of para-hydroxylation sites is 1. The van der Waals surface area contributed by atoms with E-state index in [9.17, 15) is 9.59 Å². The van der Waals surface area contributed by atoms with Crippen LogP contribution in [0.4, 0.5) is 0 Å². The largest absolute Gasteiger partial charge is 0.332 e. The fourth-order valence-corrected chi connectivity index (χ4v) is 3.20. The molecule has 0 unspecified atom stereocenters. The van der Waals surface area contributed by atoms with E-state index in [1.165, 1.54) is 0 Å². The number of carbonyl (C=O) groups is 1. The Morgan fingerprint density at radius 3 is 2.92 bits per heavy atom. The molecule has 1 aliphatic rings. The average molecular weight is 325 g/mol. The van der Waals surface area contributed by atoms with Crippen LogP contribution < -0.4 is 5.56 Å². The number of benzene rings is 1. The van der Waals surface area contributed by atoms with E-state index in [1.807, 2.05) is 23.1 Å². The number of hydrogen-bond donors (Lipinski definition) is 0. The smallest absolute Gasteiger partial charge is 0.261 e. The van der Waals surface area contributed by atoms with Gasteiger partial charge in [-0.1, -0.05) is 38.1 Å². The van der Waals surface area contributed by atoms with Gasteiger partial charge in [0, 0.05) is 19.5 Å². The molecule has 1 aromatic carbocycles. The van der Waals surface area contributed by atoms with Crippen LogP contribution in [-0.2, 0) is 11.3 Å². The molecule has 0 saturated heterocycles. The third-order valence-electron chi connectivity index (χ3n) is 4.52. The van der Waals surface area contributed by atoms with Crippen LogP contribution in [0.2, 0.25) is 0 Å². The summed E-state index contributed by atoms with van der Waals surface area (Å²) in [5.74, 6) is 0.570. The highest BCUT2D eigenvalue weighted by Crippen LogP contribution is 2.19. The zero-order valence-electron chi connectivity index (χ0n) is 14.2. The van der Waals surface area contributed by atoms with E-state index < -0.39 is 0 Å². The van der Waals surface area contributed by atoms with Gasteiger partial charge in [0.1, 0.15) is 0 Å². The Morgan fingerprint density at radius 1 is 1.33 bits per heavy atom. The molecule has 126 valence electrons. The Morgan fingerprint density at radius 2 is 2.12 bits per heavy atom. The lowest BCUT2D eigenvalue weighted by Gasteiger charge is -2.27. The van der Waals surface area contributed by atoms with Gasteiger partial charge in [0.25, 0.3) is 5.56 Å². The maximum atomic E-state index is 12.4. The van der Waals surface area contributed by atoms with Crippen LogP contribution in [0.3, 0.4) is 0 Å². The lowest BCUT2D eigenvalue weighted by Crippen LogP contribution is -2.39. The molecule has 5 nitrogen and oxygen atoms in total. The van der Waals surface area contributed by atoms with Crippen molar-refractivity contribution in [3.05, 3.63) is 53.1 Å². The predicted molar refractivity (Wildman–Crippen MR) is 94.7 cm³/mol. The van der Waals surface area contributed by atoms with E-state index >= 15 is 0 Å². The highest BCUT2D eigenvalue weighted by atomic mass is 16.2. The first kappa shape index (κ1) is 16.4. The monoisotopic (exact) mass is 325 g/mol. The third-order valence-corrected chi connectivity index (χ3v) is 4.52. The molecular weight excluding hydrogens is 302 g/mol. The minimum Gasteiger partial charge on any atom is -0.332 e. The Labute approximate surface area is 141 Å². The fraction of sp³-hybridized carbons (Fsp3) is 0.421. The molecule has 1 atom stereocenters. The van der Waals surface area contributed by atoms with E-state index in [4.69, 9.17) is 0 Å². The van der Waals surface area contributed by atoms with Crippen molar-refractivity contribution >= 4 is 16.8 Å². The molecule has 5 heteroatoms. The molecule has 0 saturated carbocycles. The maximum Gasteiger partial charge on any atom is 0.261 e. The molecule has 0 bridgehead atoms. The summed E-state index contributed by atoms with van der Waals surface area (Å²) in [5.41, 5.74) is 0.661. The second-order valence-corrected chi connectivity index (χ2v) is 6.57. The highest BCUT2D eigenvalue weighted by Gasteiger charge is 2.26. The van der Waals surface area contributed by atoms with Gasteiger partial charge in [-0.25, -0.2) is 4.98 Å². The van der Waals surface area contributed by atoms with Crippen molar-refractivity contribution in [3.8, 4) is 0 Å². The first-order chi connectivity index (χ1) is 11.6. The molecule has 1 aromatic heterocycles. The first-order valence-electron chi connectivity index (χ1n) is 8.48. The molecular formula is C19H23N3O2. The second-order valence-electron chi connectivity index (χ2n) is 6.57. The Hall–Kier alpha value is -2.43. The summed E-state index contributed by atoms with van der Waals surface area (Å²) >= 11 is 0. The second kappa shape index (κ2) is 6.99. The van der Waals surface area contributed by atoms with E-state index in [-0.39, 0.29) is 17.5 Å². The van der Waals surface area contributed by atoms with Gasteiger partial charge in [0.2, 0.25) is 5.91 Å². The minimum absolute atomic E-state index is 0.0454. The number of carbonyl (C=O) groups excluding carboxylic acids is 1. The number of nitrogens with zero attached hydrogens (tertiary/aromatic N) is 3. The van der Waals surface area contributed by atoms with Crippen LogP contribution >= 0.6 is 0 Å². The topological polar surface area (TPSA) is 55.2 Å². The normalized spacial score (nSPS) is 17.1. The zero-order chi connectivity index (χ0) is 17.1. The van der Waals surface area contributed by atoms with Crippen LogP contribution in [0.1, 0.15) is 26.7 Å². The molecule has 0 aliphatic carbocycles. The van der Waals surface area contributed by atoms with Crippen LogP contribution in [-0.4, -0.2) is 32.9 Å². The molecule has 0 spiro atoms. The summed E-state index contributed by atoms with van der Waals surface area (Å²) in [6, 6.07) is 7.52. The van der Waals surface area contributed by atoms with E-state index in [1.54, 1.807) is 17.0 Å². The van der Waals surface area contributed by atoms with Gasteiger partial charge in [-0.2, -0.15) is 0 Å². The molecule has 0 fully saturated rings. The number of aryl methyl sites for hydroxylation is 1. The van der Waals surface area contributed by atoms with Gasteiger partial charge < -0.3 is 4.90 Å². The van der Waals surface area contributed by atoms with Crippen molar-refractivity contribution in [2.24, 2.45) is 5.92 Å². The van der Waals surface area contributed by atoms with Gasteiger partial charge in [-0.15, -0.1) is 0 Å². The molecule has 0 radical (unpaired) electrons. The van der Waals surface area contributed by atoms with Crippen molar-refractivity contribution < 1.29 is 4.79 Å². The van der Waals surface area contributed by atoms with E-state index in [0.717, 1.165) is 0 Å². The Balaban J connectivity index is 1.62. The molecule has 24 heavy (non-hydrogen) atoms. The van der Waals surface area contributed by atoms with Crippen LogP contribution in [0.15, 0.2) is 47.5 Å². The van der Waals surface area contributed by atoms with E-state index in [2.05, 4.69) is 31.0 Å². The first-order valence-corrected chi connectivity index (χ1v) is 8.48. The highest BCUT2D eigenvalue weighted by molar-refractivity contribution is 5.78. The molecule has 3 rings (SSSR count). The maximum absolute atomic E-state index is 12.4. The SMILES string of the molecule is CC(C)[C@H]1C=CCN1C(=O)CCCn1cnc2ccccc2c1=O. The van der Waals surface area contributed by atoms with Gasteiger partial charge in [0.15, 0.2) is 0 Å². The molecule has 0 N–H and O–H groups in total. The van der Waals surface area contributed by atoms with Gasteiger partial charge in [-0.05, 0) is 24.5 Å². The zero-order valence-corrected chi connectivity index (χ0v) is 14.2. The van der Waals surface area contributed by atoms with Crippen LogP contribution in [0.5, 0.6) is 0 Å². The van der Waals surface area contributed by atoms with Crippen molar-refractivity contribution in [3.63, 3.8) is 0 Å². The van der Waals surface area contributed by atoms with Crippen molar-refractivity contribution in [1.29, 1.82) is 0 Å². The number of fused-ring (bicyclic) bond motifs is 1. The summed E-state index contributed by atoms with van der Waals surface area (Å²) < 4.78 is 1.60. The summed E-state index contributed by atoms with van der Waals surface area (Å²) in [7, 11) is 0. The molecule has 2 aromatic rings. The lowest BCUT2D eigenvalue weighted by atomic mass is 10.0. The van der Waals surface area contributed by atoms with Crippen molar-refractivity contribution in [2.45, 2.75) is 39.3 Å². The molecule has 1 aliphatic heterocycles. The summed E-state index contributed by atoms with van der Waals surface area (Å²) in [6.45, 7) is 5.46. The summed E-state index contributed by atoms with van der Waals surface area (Å²) in [6.07, 6.45) is 6.83. The number of rotatable bonds is 5. The number of amides is 1. The van der Waals surface area contributed by atoms with Gasteiger partial charge >= 0.3 is 0 Å². The third kappa shape index (κ3) is 3.25. The van der Waals surface area contributed by atoms with Crippen LogP contribution in [0.25, 0.3) is 10.9 Å². The van der Waals surface area contributed by atoms with Gasteiger partial charge in [0.05, 0.1) is 23.3 Å². The average Bonchev–Trinajstić information content (AvgIpc) is 3.07. The molecule has 1 amide bonds. The minimum atomic E-state index is -0.0454. The van der Waals surface area contributed by atoms with E-state index in [0.29, 0.717) is 42.8 Å².